The van der Waals surface area contributed by atoms with E-state index >= 15 is 0 Å². The van der Waals surface area contributed by atoms with Gasteiger partial charge in [-0.3, -0.25) is 9.89 Å². The first-order valence-corrected chi connectivity index (χ1v) is 9.80. The molecule has 1 aromatic rings. The smallest absolute Gasteiger partial charge is 0.194 e. The molecule has 2 rings (SSSR count). The van der Waals surface area contributed by atoms with Crippen LogP contribution in [0.25, 0.3) is 0 Å². The summed E-state index contributed by atoms with van der Waals surface area (Å²) in [5, 5.41) is 6.78. The van der Waals surface area contributed by atoms with Gasteiger partial charge in [0.15, 0.2) is 5.96 Å². The summed E-state index contributed by atoms with van der Waals surface area (Å²) >= 11 is 1.73. The predicted molar refractivity (Wildman–Crippen MR) is 104 cm³/mol. The zero-order valence-electron chi connectivity index (χ0n) is 16.1. The molecular weight excluding hydrogens is 318 g/mol. The maximum atomic E-state index is 4.75. The molecule has 0 aliphatic carbocycles. The first-order chi connectivity index (χ1) is 11.3. The van der Waals surface area contributed by atoms with Crippen LogP contribution in [0.15, 0.2) is 10.4 Å². The number of hydrogen-bond acceptors (Lipinski definition) is 4. The summed E-state index contributed by atoms with van der Waals surface area (Å²) < 4.78 is 0. The Bertz CT molecular complexity index is 536. The Balaban J connectivity index is 1.84. The van der Waals surface area contributed by atoms with Crippen molar-refractivity contribution in [3.8, 4) is 0 Å². The van der Waals surface area contributed by atoms with Crippen molar-refractivity contribution < 1.29 is 0 Å². The van der Waals surface area contributed by atoms with Gasteiger partial charge >= 0.3 is 0 Å². The first kappa shape index (κ1) is 19.2. The van der Waals surface area contributed by atoms with E-state index in [-0.39, 0.29) is 5.41 Å². The van der Waals surface area contributed by atoms with E-state index in [1.54, 1.807) is 11.3 Å². The van der Waals surface area contributed by atoms with Crippen molar-refractivity contribution in [2.45, 2.75) is 46.6 Å². The Labute approximate surface area is 151 Å². The molecule has 136 valence electrons. The fourth-order valence-electron chi connectivity index (χ4n) is 2.88. The van der Waals surface area contributed by atoms with Crippen LogP contribution in [0, 0.1) is 5.92 Å². The highest BCUT2D eigenvalue weighted by Gasteiger charge is 2.21. The van der Waals surface area contributed by atoms with Gasteiger partial charge in [0.25, 0.3) is 0 Å². The molecule has 1 N–H and O–H groups in total. The minimum absolute atomic E-state index is 0.114. The number of hydrogen-bond donors (Lipinski definition) is 1. The molecule has 1 aliphatic rings. The second kappa shape index (κ2) is 8.30. The zero-order chi connectivity index (χ0) is 17.7. The minimum Gasteiger partial charge on any atom is -0.350 e. The molecular formula is C18H33N5S. The van der Waals surface area contributed by atoms with E-state index in [1.807, 2.05) is 7.05 Å². The number of piperazine rings is 1. The van der Waals surface area contributed by atoms with Gasteiger partial charge in [-0.05, 0) is 5.92 Å². The molecule has 0 atom stereocenters. The third-order valence-electron chi connectivity index (χ3n) is 4.22. The third-order valence-corrected chi connectivity index (χ3v) is 5.07. The minimum atomic E-state index is 0.114. The van der Waals surface area contributed by atoms with Gasteiger partial charge in [-0.1, -0.05) is 34.6 Å². The van der Waals surface area contributed by atoms with Crippen molar-refractivity contribution in [3.63, 3.8) is 0 Å². The van der Waals surface area contributed by atoms with E-state index < -0.39 is 0 Å². The van der Waals surface area contributed by atoms with Gasteiger partial charge in [0, 0.05) is 50.6 Å². The lowest BCUT2D eigenvalue weighted by Crippen LogP contribution is -2.52. The summed E-state index contributed by atoms with van der Waals surface area (Å²) in [7, 11) is 1.87. The Kier molecular flexibility index (Phi) is 6.63. The Hall–Kier alpha value is -1.14. The highest BCUT2D eigenvalue weighted by molar-refractivity contribution is 7.09. The molecule has 0 radical (unpaired) electrons. The molecule has 1 fully saturated rings. The van der Waals surface area contributed by atoms with Crippen LogP contribution in [-0.4, -0.2) is 60.5 Å². The highest BCUT2D eigenvalue weighted by Crippen LogP contribution is 2.23. The molecule has 1 aliphatic heterocycles. The number of guanidine groups is 1. The lowest BCUT2D eigenvalue weighted by molar-refractivity contribution is 0.164. The standard InChI is InChI=1S/C18H33N5S/c1-14(2)12-22-7-9-23(10-8-22)17(19-6)20-11-16-21-15(13-24-16)18(3,4)5/h13-14H,7-12H2,1-6H3,(H,19,20). The first-order valence-electron chi connectivity index (χ1n) is 8.92. The Morgan fingerprint density at radius 1 is 1.29 bits per heavy atom. The van der Waals surface area contributed by atoms with E-state index in [1.165, 1.54) is 12.2 Å². The van der Waals surface area contributed by atoms with E-state index in [0.717, 1.165) is 49.6 Å². The number of thiazole rings is 1. The van der Waals surface area contributed by atoms with E-state index in [4.69, 9.17) is 4.98 Å². The summed E-state index contributed by atoms with van der Waals surface area (Å²) in [6, 6.07) is 0. The Morgan fingerprint density at radius 3 is 2.46 bits per heavy atom. The number of nitrogens with one attached hydrogen (secondary N) is 1. The molecule has 1 aromatic heterocycles. The third kappa shape index (κ3) is 5.45. The highest BCUT2D eigenvalue weighted by atomic mass is 32.1. The van der Waals surface area contributed by atoms with E-state index in [0.29, 0.717) is 0 Å². The van der Waals surface area contributed by atoms with Crippen LogP contribution in [0.2, 0.25) is 0 Å². The summed E-state index contributed by atoms with van der Waals surface area (Å²) in [5.41, 5.74) is 1.28. The van der Waals surface area contributed by atoms with Gasteiger partial charge in [0.2, 0.25) is 0 Å². The van der Waals surface area contributed by atoms with E-state index in [9.17, 15) is 0 Å². The molecule has 5 nitrogen and oxygen atoms in total. The van der Waals surface area contributed by atoms with Crippen LogP contribution in [0.4, 0.5) is 0 Å². The van der Waals surface area contributed by atoms with Crippen molar-refractivity contribution in [3.05, 3.63) is 16.1 Å². The summed E-state index contributed by atoms with van der Waals surface area (Å²) in [6.45, 7) is 17.4. The predicted octanol–water partition coefficient (Wildman–Crippen LogP) is 2.79. The van der Waals surface area contributed by atoms with Gasteiger partial charge in [-0.15, -0.1) is 11.3 Å². The average molecular weight is 352 g/mol. The summed E-state index contributed by atoms with van der Waals surface area (Å²) in [6.07, 6.45) is 0. The molecule has 6 heteroatoms. The molecule has 1 saturated heterocycles. The number of aromatic nitrogens is 1. The maximum Gasteiger partial charge on any atom is 0.194 e. The fourth-order valence-corrected chi connectivity index (χ4v) is 3.84. The molecule has 2 heterocycles. The van der Waals surface area contributed by atoms with Gasteiger partial charge in [-0.25, -0.2) is 4.98 Å². The molecule has 0 saturated carbocycles. The molecule has 0 aromatic carbocycles. The molecule has 24 heavy (non-hydrogen) atoms. The van der Waals surface area contributed by atoms with E-state index in [2.05, 4.69) is 60.1 Å². The lowest BCUT2D eigenvalue weighted by Gasteiger charge is -2.37. The number of nitrogens with zero attached hydrogens (tertiary/aromatic N) is 4. The molecule has 0 spiro atoms. The van der Waals surface area contributed by atoms with Crippen molar-refractivity contribution in [2.24, 2.45) is 10.9 Å². The van der Waals surface area contributed by atoms with Gasteiger partial charge in [0.1, 0.15) is 5.01 Å². The van der Waals surface area contributed by atoms with Gasteiger partial charge < -0.3 is 10.2 Å². The SMILES string of the molecule is CN=C(NCc1nc(C(C)(C)C)cs1)N1CCN(CC(C)C)CC1. The van der Waals surface area contributed by atoms with Crippen LogP contribution >= 0.6 is 11.3 Å². The second-order valence-electron chi connectivity index (χ2n) is 7.96. The zero-order valence-corrected chi connectivity index (χ0v) is 16.9. The topological polar surface area (TPSA) is 43.8 Å². The maximum absolute atomic E-state index is 4.75. The lowest BCUT2D eigenvalue weighted by atomic mass is 9.93. The molecule has 0 bridgehead atoms. The van der Waals surface area contributed by atoms with Crippen molar-refractivity contribution in [1.29, 1.82) is 0 Å². The Morgan fingerprint density at radius 2 is 1.96 bits per heavy atom. The number of aliphatic imine (C=N–C) groups is 1. The molecule has 0 unspecified atom stereocenters. The largest absolute Gasteiger partial charge is 0.350 e. The van der Waals surface area contributed by atoms with Gasteiger partial charge in [-0.2, -0.15) is 0 Å². The van der Waals surface area contributed by atoms with Crippen molar-refractivity contribution >= 4 is 17.3 Å². The normalized spacial score (nSPS) is 17.6. The van der Waals surface area contributed by atoms with Crippen LogP contribution in [0.5, 0.6) is 0 Å². The van der Waals surface area contributed by atoms with Crippen LogP contribution in [-0.2, 0) is 12.0 Å². The van der Waals surface area contributed by atoms with Crippen molar-refractivity contribution in [1.82, 2.24) is 20.1 Å². The van der Waals surface area contributed by atoms with Crippen LogP contribution in [0.1, 0.15) is 45.3 Å². The second-order valence-corrected chi connectivity index (χ2v) is 8.90. The molecule has 0 amide bonds. The quantitative estimate of drug-likeness (QED) is 0.669. The summed E-state index contributed by atoms with van der Waals surface area (Å²) in [5.74, 6) is 1.72. The van der Waals surface area contributed by atoms with Crippen LogP contribution in [0.3, 0.4) is 0 Å². The van der Waals surface area contributed by atoms with Crippen LogP contribution < -0.4 is 5.32 Å². The monoisotopic (exact) mass is 351 g/mol. The number of rotatable bonds is 4. The van der Waals surface area contributed by atoms with Crippen molar-refractivity contribution in [2.75, 3.05) is 39.8 Å². The fraction of sp³-hybridized carbons (Fsp3) is 0.778. The van der Waals surface area contributed by atoms with Gasteiger partial charge in [0.05, 0.1) is 12.2 Å². The summed E-state index contributed by atoms with van der Waals surface area (Å²) in [4.78, 5) is 14.1. The average Bonchev–Trinajstić information content (AvgIpc) is 2.98.